The van der Waals surface area contributed by atoms with E-state index in [1.165, 1.54) is 70.6 Å². The van der Waals surface area contributed by atoms with Gasteiger partial charge < -0.3 is 0 Å². The largest absolute Gasteiger partial charge is 0.299 e. The monoisotopic (exact) mass is 371 g/mol. The zero-order valence-electron chi connectivity index (χ0n) is 17.7. The van der Waals surface area contributed by atoms with E-state index >= 15 is 0 Å². The molecule has 0 radical (unpaired) electrons. The Bertz CT molecular complexity index is 321. The molecule has 0 aromatic rings. The van der Waals surface area contributed by atoms with Crippen molar-refractivity contribution in [3.05, 3.63) is 0 Å². The van der Waals surface area contributed by atoms with Crippen molar-refractivity contribution in [1.82, 2.24) is 5.23 Å². The Morgan fingerprint density at radius 3 is 1.46 bits per heavy atom. The molecule has 2 atom stereocenters. The molecule has 0 rings (SSSR count). The average Bonchev–Trinajstić information content (AvgIpc) is 2.62. The molecule has 0 saturated carbocycles. The van der Waals surface area contributed by atoms with Gasteiger partial charge in [-0.15, -0.1) is 0 Å². The van der Waals surface area contributed by atoms with Gasteiger partial charge in [0.2, 0.25) is 0 Å². The van der Waals surface area contributed by atoms with Crippen molar-refractivity contribution >= 4 is 5.78 Å². The molecular formula is C22H45NO3. The van der Waals surface area contributed by atoms with Crippen molar-refractivity contribution < 1.29 is 15.2 Å². The van der Waals surface area contributed by atoms with Gasteiger partial charge in [0, 0.05) is 12.3 Å². The third-order valence-electron chi connectivity index (χ3n) is 5.56. The van der Waals surface area contributed by atoms with Crippen LogP contribution in [0.1, 0.15) is 124 Å². The van der Waals surface area contributed by atoms with E-state index in [1.807, 2.05) is 13.8 Å². The van der Waals surface area contributed by atoms with E-state index in [2.05, 4.69) is 6.92 Å². The number of carbonyl (C=O) groups is 1. The fourth-order valence-electron chi connectivity index (χ4n) is 3.83. The Morgan fingerprint density at radius 1 is 0.692 bits per heavy atom. The van der Waals surface area contributed by atoms with Crippen LogP contribution in [-0.4, -0.2) is 27.5 Å². The molecule has 2 unspecified atom stereocenters. The minimum Gasteiger partial charge on any atom is -0.299 e. The van der Waals surface area contributed by atoms with Crippen molar-refractivity contribution in [3.8, 4) is 0 Å². The summed E-state index contributed by atoms with van der Waals surface area (Å²) in [7, 11) is 0. The predicted octanol–water partition coefficient (Wildman–Crippen LogP) is 6.92. The molecule has 0 bridgehead atoms. The maximum absolute atomic E-state index is 12.3. The number of rotatable bonds is 19. The van der Waals surface area contributed by atoms with Crippen molar-refractivity contribution in [2.24, 2.45) is 5.92 Å². The van der Waals surface area contributed by atoms with E-state index < -0.39 is 6.04 Å². The second-order valence-electron chi connectivity index (χ2n) is 7.77. The second kappa shape index (κ2) is 17.9. The molecular weight excluding hydrogens is 326 g/mol. The van der Waals surface area contributed by atoms with Crippen LogP contribution in [0.15, 0.2) is 0 Å². The van der Waals surface area contributed by atoms with Crippen molar-refractivity contribution in [1.29, 1.82) is 0 Å². The van der Waals surface area contributed by atoms with E-state index in [-0.39, 0.29) is 16.9 Å². The number of ketones is 1. The molecule has 0 fully saturated rings. The molecule has 26 heavy (non-hydrogen) atoms. The number of hydroxylamine groups is 2. The SMILES string of the molecule is CCCCCCCCCCCCCCCC(=O)C(CC)C(CC)N(O)O. The maximum atomic E-state index is 12.3. The highest BCUT2D eigenvalue weighted by Crippen LogP contribution is 2.20. The first-order valence-corrected chi connectivity index (χ1v) is 11.3. The lowest BCUT2D eigenvalue weighted by atomic mass is 9.88. The lowest BCUT2D eigenvalue weighted by Gasteiger charge is -2.26. The Balaban J connectivity index is 3.58. The first-order valence-electron chi connectivity index (χ1n) is 11.3. The summed E-state index contributed by atoms with van der Waals surface area (Å²) in [6, 6.07) is -0.477. The minimum absolute atomic E-state index is 0.176. The van der Waals surface area contributed by atoms with Crippen molar-refractivity contribution in [3.63, 3.8) is 0 Å². The number of hydrogen-bond donors (Lipinski definition) is 2. The molecule has 4 heteroatoms. The van der Waals surface area contributed by atoms with Crippen molar-refractivity contribution in [2.75, 3.05) is 0 Å². The van der Waals surface area contributed by atoms with E-state index in [9.17, 15) is 15.2 Å². The average molecular weight is 372 g/mol. The highest BCUT2D eigenvalue weighted by Gasteiger charge is 2.28. The van der Waals surface area contributed by atoms with Gasteiger partial charge in [-0.3, -0.25) is 15.2 Å². The number of nitrogens with zero attached hydrogens (tertiary/aromatic N) is 1. The summed E-state index contributed by atoms with van der Waals surface area (Å²) in [6.45, 7) is 6.08. The van der Waals surface area contributed by atoms with E-state index in [1.54, 1.807) is 0 Å². The highest BCUT2D eigenvalue weighted by molar-refractivity contribution is 5.81. The molecule has 0 aliphatic heterocycles. The van der Waals surface area contributed by atoms with E-state index in [0.717, 1.165) is 12.8 Å². The second-order valence-corrected chi connectivity index (χ2v) is 7.77. The van der Waals surface area contributed by atoms with Gasteiger partial charge in [-0.25, -0.2) is 0 Å². The van der Waals surface area contributed by atoms with Gasteiger partial charge in [0.05, 0.1) is 6.04 Å². The lowest BCUT2D eigenvalue weighted by molar-refractivity contribution is -0.338. The number of unbranched alkanes of at least 4 members (excludes halogenated alkanes) is 12. The van der Waals surface area contributed by atoms with Crippen molar-refractivity contribution in [2.45, 2.75) is 130 Å². The number of Topliss-reactive ketones (excluding diaryl/α,β-unsaturated/α-hetero) is 1. The summed E-state index contributed by atoms with van der Waals surface area (Å²) >= 11 is 0. The van der Waals surface area contributed by atoms with Gasteiger partial charge in [0.25, 0.3) is 0 Å². The van der Waals surface area contributed by atoms with Gasteiger partial charge in [-0.1, -0.05) is 103 Å². The molecule has 2 N–H and O–H groups in total. The quantitative estimate of drug-likeness (QED) is 0.191. The Kier molecular flexibility index (Phi) is 17.6. The summed E-state index contributed by atoms with van der Waals surface area (Å²) < 4.78 is 0. The van der Waals surface area contributed by atoms with E-state index in [4.69, 9.17) is 0 Å². The predicted molar refractivity (Wildman–Crippen MR) is 109 cm³/mol. The fourth-order valence-corrected chi connectivity index (χ4v) is 3.83. The summed E-state index contributed by atoms with van der Waals surface area (Å²) in [5.74, 6) is -0.0946. The van der Waals surface area contributed by atoms with Gasteiger partial charge in [-0.05, 0) is 19.3 Å². The van der Waals surface area contributed by atoms with Gasteiger partial charge in [-0.2, -0.15) is 0 Å². The van der Waals surface area contributed by atoms with Crippen LogP contribution >= 0.6 is 0 Å². The van der Waals surface area contributed by atoms with Gasteiger partial charge >= 0.3 is 0 Å². The zero-order chi connectivity index (χ0) is 19.6. The van der Waals surface area contributed by atoms with Crippen LogP contribution in [-0.2, 0) is 4.79 Å². The minimum atomic E-state index is -0.477. The first-order chi connectivity index (χ1) is 12.6. The van der Waals surface area contributed by atoms with Crippen LogP contribution in [0.4, 0.5) is 0 Å². The normalized spacial score (nSPS) is 13.9. The smallest absolute Gasteiger partial charge is 0.137 e. The summed E-state index contributed by atoms with van der Waals surface area (Å²) in [5.41, 5.74) is 0. The standard InChI is InChI=1S/C22H45NO3/c1-4-7-8-9-10-11-12-13-14-15-16-17-18-19-22(24)20(5-2)21(6-3)23(25)26/h20-21,25-26H,4-19H2,1-3H3. The number of carbonyl (C=O) groups excluding carboxylic acids is 1. The molecule has 0 aliphatic carbocycles. The molecule has 0 saturated heterocycles. The van der Waals surface area contributed by atoms with Gasteiger partial charge in [0.1, 0.15) is 5.78 Å². The van der Waals surface area contributed by atoms with Crippen LogP contribution in [0.25, 0.3) is 0 Å². The van der Waals surface area contributed by atoms with Crippen LogP contribution in [0.5, 0.6) is 0 Å². The zero-order valence-corrected chi connectivity index (χ0v) is 17.7. The molecule has 0 aromatic carbocycles. The molecule has 4 nitrogen and oxygen atoms in total. The van der Waals surface area contributed by atoms with Crippen LogP contribution in [0.2, 0.25) is 0 Å². The third-order valence-corrected chi connectivity index (χ3v) is 5.56. The third kappa shape index (κ3) is 12.8. The maximum Gasteiger partial charge on any atom is 0.137 e. The molecule has 0 heterocycles. The molecule has 0 spiro atoms. The number of hydrogen-bond acceptors (Lipinski definition) is 4. The van der Waals surface area contributed by atoms with Crippen LogP contribution < -0.4 is 0 Å². The van der Waals surface area contributed by atoms with Gasteiger partial charge in [0.15, 0.2) is 0 Å². The van der Waals surface area contributed by atoms with Crippen LogP contribution in [0, 0.1) is 5.92 Å². The topological polar surface area (TPSA) is 60.8 Å². The van der Waals surface area contributed by atoms with Crippen LogP contribution in [0.3, 0.4) is 0 Å². The Morgan fingerprint density at radius 2 is 1.12 bits per heavy atom. The summed E-state index contributed by atoms with van der Waals surface area (Å²) in [4.78, 5) is 12.3. The molecule has 156 valence electrons. The Hall–Kier alpha value is -0.450. The summed E-state index contributed by atoms with van der Waals surface area (Å²) in [5, 5.41) is 18.8. The molecule has 0 amide bonds. The Labute approximate surface area is 162 Å². The fraction of sp³-hybridized carbons (Fsp3) is 0.955. The highest BCUT2D eigenvalue weighted by atomic mass is 16.8. The molecule has 0 aliphatic rings. The molecule has 0 aromatic heterocycles. The summed E-state index contributed by atoms with van der Waals surface area (Å²) in [6.07, 6.45) is 18.7. The van der Waals surface area contributed by atoms with E-state index in [0.29, 0.717) is 19.3 Å². The lowest BCUT2D eigenvalue weighted by Crippen LogP contribution is -2.39. The first kappa shape index (κ1) is 25.6.